The third-order valence-corrected chi connectivity index (χ3v) is 10.4. The van der Waals surface area contributed by atoms with Crippen LogP contribution >= 0.6 is 0 Å². The first-order chi connectivity index (χ1) is 27.2. The normalized spacial score (nSPS) is 11.3. The Morgan fingerprint density at radius 3 is 1.02 bits per heavy atom. The molecule has 0 saturated carbocycles. The Morgan fingerprint density at radius 1 is 0.273 bits per heavy atom. The van der Waals surface area contributed by atoms with E-state index in [0.717, 1.165) is 61.6 Å². The van der Waals surface area contributed by atoms with Crippen LogP contribution in [0.2, 0.25) is 0 Å². The number of hydrogen-bond acceptors (Lipinski definition) is 3. The van der Waals surface area contributed by atoms with Crippen molar-refractivity contribution in [2.75, 3.05) is 0 Å². The molecule has 0 aliphatic carbocycles. The molecule has 55 heavy (non-hydrogen) atoms. The van der Waals surface area contributed by atoms with Crippen molar-refractivity contribution in [3.63, 3.8) is 0 Å². The van der Waals surface area contributed by atoms with Crippen LogP contribution in [0, 0.1) is 0 Å². The molecule has 4 nitrogen and oxygen atoms in total. The molecule has 0 aliphatic rings. The molecule has 0 spiro atoms. The maximum absolute atomic E-state index is 4.54. The summed E-state index contributed by atoms with van der Waals surface area (Å²) in [6.45, 7) is 0. The van der Waals surface area contributed by atoms with Crippen LogP contribution in [0.1, 0.15) is 0 Å². The summed E-state index contributed by atoms with van der Waals surface area (Å²) in [5.41, 5.74) is 16.7. The molecule has 10 rings (SSSR count). The zero-order valence-electron chi connectivity index (χ0n) is 29.9. The second-order valence-electron chi connectivity index (χ2n) is 13.7. The lowest BCUT2D eigenvalue weighted by molar-refractivity contribution is 1.18. The first-order valence-corrected chi connectivity index (χ1v) is 18.5. The minimum absolute atomic E-state index is 0.972. The second kappa shape index (κ2) is 13.8. The van der Waals surface area contributed by atoms with Gasteiger partial charge in [0.25, 0.3) is 0 Å². The van der Waals surface area contributed by atoms with E-state index in [1.54, 1.807) is 0 Å². The summed E-state index contributed by atoms with van der Waals surface area (Å²) in [5.74, 6) is 0. The van der Waals surface area contributed by atoms with E-state index in [2.05, 4.69) is 153 Å². The van der Waals surface area contributed by atoms with Crippen molar-refractivity contribution in [3.8, 4) is 72.8 Å². The Bertz CT molecular complexity index is 2780. The van der Waals surface area contributed by atoms with E-state index >= 15 is 0 Å². The van der Waals surface area contributed by atoms with E-state index in [9.17, 15) is 0 Å². The zero-order chi connectivity index (χ0) is 36.6. The lowest BCUT2D eigenvalue weighted by atomic mass is 9.98. The quantitative estimate of drug-likeness (QED) is 0.166. The monoisotopic (exact) mass is 702 g/mol. The minimum atomic E-state index is 0.972. The summed E-state index contributed by atoms with van der Waals surface area (Å²) in [7, 11) is 0. The second-order valence-corrected chi connectivity index (χ2v) is 13.7. The van der Waals surface area contributed by atoms with E-state index in [-0.39, 0.29) is 0 Å². The maximum Gasteiger partial charge on any atom is 0.0701 e. The first kappa shape index (κ1) is 32.2. The van der Waals surface area contributed by atoms with Gasteiger partial charge in [-0.25, -0.2) is 0 Å². The van der Waals surface area contributed by atoms with Gasteiger partial charge in [-0.3, -0.25) is 15.0 Å². The van der Waals surface area contributed by atoms with Crippen molar-refractivity contribution < 1.29 is 0 Å². The average molecular weight is 703 g/mol. The first-order valence-electron chi connectivity index (χ1n) is 18.5. The molecule has 0 bridgehead atoms. The Labute approximate surface area is 319 Å². The Hall–Kier alpha value is -7.43. The maximum atomic E-state index is 4.54. The molecule has 258 valence electrons. The average Bonchev–Trinajstić information content (AvgIpc) is 3.60. The molecule has 6 aromatic carbocycles. The molecule has 0 unspecified atom stereocenters. The van der Waals surface area contributed by atoms with Crippen molar-refractivity contribution in [2.24, 2.45) is 0 Å². The van der Waals surface area contributed by atoms with E-state index in [4.69, 9.17) is 0 Å². The number of rotatable bonds is 7. The third-order valence-electron chi connectivity index (χ3n) is 10.4. The molecule has 4 aromatic heterocycles. The van der Waals surface area contributed by atoms with Crippen LogP contribution in [-0.4, -0.2) is 19.5 Å². The fraction of sp³-hybridized carbons (Fsp3) is 0. The van der Waals surface area contributed by atoms with Gasteiger partial charge in [-0.15, -0.1) is 0 Å². The highest BCUT2D eigenvalue weighted by Gasteiger charge is 2.16. The molecule has 0 N–H and O–H groups in total. The van der Waals surface area contributed by atoms with Crippen LogP contribution in [0.3, 0.4) is 0 Å². The summed E-state index contributed by atoms with van der Waals surface area (Å²) in [5, 5.41) is 2.41. The van der Waals surface area contributed by atoms with Crippen molar-refractivity contribution in [1.29, 1.82) is 0 Å². The molecule has 4 heteroatoms. The smallest absolute Gasteiger partial charge is 0.0701 e. The Balaban J connectivity index is 1.08. The predicted octanol–water partition coefficient (Wildman–Crippen LogP) is 13.0. The van der Waals surface area contributed by atoms with E-state index in [0.29, 0.717) is 0 Å². The fourth-order valence-corrected chi connectivity index (χ4v) is 7.59. The molecule has 0 fully saturated rings. The lowest BCUT2D eigenvalue weighted by Gasteiger charge is -2.11. The Morgan fingerprint density at radius 2 is 0.636 bits per heavy atom. The van der Waals surface area contributed by atoms with Gasteiger partial charge in [0.1, 0.15) is 0 Å². The number of benzene rings is 6. The lowest BCUT2D eigenvalue weighted by Crippen LogP contribution is -1.94. The molecule has 0 radical (unpaired) electrons. The highest BCUT2D eigenvalue weighted by Crippen LogP contribution is 2.38. The fourth-order valence-electron chi connectivity index (χ4n) is 7.59. The number of nitrogens with zero attached hydrogens (tertiary/aromatic N) is 4. The number of fused-ring (bicyclic) bond motifs is 3. The molecular weight excluding hydrogens is 669 g/mol. The van der Waals surface area contributed by atoms with Gasteiger partial charge in [0.05, 0.1) is 28.1 Å². The van der Waals surface area contributed by atoms with Crippen LogP contribution in [-0.2, 0) is 0 Å². The van der Waals surface area contributed by atoms with Crippen LogP contribution in [0.25, 0.3) is 94.6 Å². The van der Waals surface area contributed by atoms with Gasteiger partial charge < -0.3 is 4.57 Å². The number of hydrogen-bond donors (Lipinski definition) is 0. The van der Waals surface area contributed by atoms with E-state index in [1.807, 2.05) is 73.2 Å². The van der Waals surface area contributed by atoms with Crippen LogP contribution in [0.5, 0.6) is 0 Å². The summed E-state index contributed by atoms with van der Waals surface area (Å²) in [6.07, 6.45) is 5.51. The van der Waals surface area contributed by atoms with Gasteiger partial charge in [0.2, 0.25) is 0 Å². The topological polar surface area (TPSA) is 43.6 Å². The van der Waals surface area contributed by atoms with Gasteiger partial charge in [-0.2, -0.15) is 0 Å². The number of aromatic nitrogens is 4. The standard InChI is InChI=1S/C51H34N4/c1-4-29-52-47(10-1)38-19-13-35(14-20-38)41-8-7-9-44(32-41)55-50-27-25-42(36-15-21-39(22-16-36)48-11-2-5-30-53-48)33-45(50)46-34-43(26-28-51(46)55)37-17-23-40(24-18-37)49-12-3-6-31-54-49/h1-34H. The molecule has 0 saturated heterocycles. The zero-order valence-corrected chi connectivity index (χ0v) is 29.9. The minimum Gasteiger partial charge on any atom is -0.309 e. The van der Waals surface area contributed by atoms with Crippen molar-refractivity contribution in [2.45, 2.75) is 0 Å². The van der Waals surface area contributed by atoms with Gasteiger partial charge >= 0.3 is 0 Å². The number of pyridine rings is 3. The SMILES string of the molecule is c1ccc(-c2ccc(-c3cccc(-n4c5ccc(-c6ccc(-c7ccccn7)cc6)cc5c5cc(-c6ccc(-c7ccccn7)cc6)ccc54)c3)cc2)nc1. The summed E-state index contributed by atoms with van der Waals surface area (Å²) in [6, 6.07) is 66.7. The summed E-state index contributed by atoms with van der Waals surface area (Å²) >= 11 is 0. The largest absolute Gasteiger partial charge is 0.309 e. The summed E-state index contributed by atoms with van der Waals surface area (Å²) < 4.78 is 2.40. The van der Waals surface area contributed by atoms with Crippen molar-refractivity contribution in [1.82, 2.24) is 19.5 Å². The molecule has 0 aliphatic heterocycles. The van der Waals surface area contributed by atoms with Crippen molar-refractivity contribution >= 4 is 21.8 Å². The Kier molecular flexibility index (Phi) is 8.12. The highest BCUT2D eigenvalue weighted by atomic mass is 15.0. The third kappa shape index (κ3) is 6.16. The molecule has 4 heterocycles. The molecule has 0 amide bonds. The highest BCUT2D eigenvalue weighted by molar-refractivity contribution is 6.11. The molecule has 0 atom stereocenters. The van der Waals surface area contributed by atoms with Gasteiger partial charge in [0, 0.05) is 51.7 Å². The molecular formula is C51H34N4. The molecule has 10 aromatic rings. The van der Waals surface area contributed by atoms with Crippen LogP contribution < -0.4 is 0 Å². The van der Waals surface area contributed by atoms with Crippen LogP contribution in [0.4, 0.5) is 0 Å². The van der Waals surface area contributed by atoms with Gasteiger partial charge in [-0.05, 0) is 106 Å². The van der Waals surface area contributed by atoms with Gasteiger partial charge in [-0.1, -0.05) is 115 Å². The van der Waals surface area contributed by atoms with Gasteiger partial charge in [0.15, 0.2) is 0 Å². The van der Waals surface area contributed by atoms with E-state index in [1.165, 1.54) is 33.0 Å². The van der Waals surface area contributed by atoms with Crippen LogP contribution in [0.15, 0.2) is 207 Å². The summed E-state index contributed by atoms with van der Waals surface area (Å²) in [4.78, 5) is 13.6. The van der Waals surface area contributed by atoms with Crippen molar-refractivity contribution in [3.05, 3.63) is 207 Å². The predicted molar refractivity (Wildman–Crippen MR) is 227 cm³/mol. The van der Waals surface area contributed by atoms with E-state index < -0.39 is 0 Å².